The van der Waals surface area contributed by atoms with Gasteiger partial charge in [0.2, 0.25) is 0 Å². The number of benzene rings is 4. The zero-order valence-corrected chi connectivity index (χ0v) is 48.3. The molecule has 1 aliphatic carbocycles. The first-order chi connectivity index (χ1) is 37.4. The number of carbonyl (C=O) groups is 2. The molecule has 4 aliphatic heterocycles. The van der Waals surface area contributed by atoms with E-state index in [0.717, 1.165) is 81.1 Å². The van der Waals surface area contributed by atoms with Crippen LogP contribution in [0.2, 0.25) is 5.02 Å². The van der Waals surface area contributed by atoms with E-state index in [9.17, 15) is 39.6 Å². The zero-order valence-electron chi connectivity index (χ0n) is 45.1. The number of rotatable bonds is 18. The summed E-state index contributed by atoms with van der Waals surface area (Å²) in [5.74, 6) is -0.679. The van der Waals surface area contributed by atoms with Gasteiger partial charge in [-0.25, -0.2) is 26.4 Å². The van der Waals surface area contributed by atoms with Gasteiger partial charge in [0, 0.05) is 117 Å². The fourth-order valence-electron chi connectivity index (χ4n) is 11.5. The normalized spacial score (nSPS) is 22.3. The quantitative estimate of drug-likeness (QED) is 0.0907. The molecule has 1 unspecified atom stereocenters. The molecular weight excluding hydrogens is 1100 g/mol. The van der Waals surface area contributed by atoms with Crippen molar-refractivity contribution in [2.45, 2.75) is 104 Å². The number of sulfone groups is 1. The number of hydrogen-bond donors (Lipinski definition) is 2. The zero-order chi connectivity index (χ0) is 56.3. The van der Waals surface area contributed by atoms with E-state index >= 15 is 0 Å². The van der Waals surface area contributed by atoms with Crippen LogP contribution >= 0.6 is 23.4 Å². The number of hydrogen-bond acceptors (Lipinski definition) is 14. The first-order valence-electron chi connectivity index (χ1n) is 27.0. The lowest BCUT2D eigenvalue weighted by Crippen LogP contribution is -2.52. The Morgan fingerprint density at radius 3 is 2.20 bits per heavy atom. The van der Waals surface area contributed by atoms with Crippen LogP contribution < -0.4 is 14.9 Å². The van der Waals surface area contributed by atoms with Gasteiger partial charge < -0.3 is 24.6 Å². The maximum atomic E-state index is 14.3. The summed E-state index contributed by atoms with van der Waals surface area (Å²) in [6.45, 7) is 17.3. The summed E-state index contributed by atoms with van der Waals surface area (Å²) >= 11 is 7.78. The molecule has 2 bridgehead atoms. The molecule has 79 heavy (non-hydrogen) atoms. The highest BCUT2D eigenvalue weighted by molar-refractivity contribution is 7.99. The molecule has 22 heteroatoms. The average Bonchev–Trinajstić information content (AvgIpc) is 4.27. The number of fused-ring (bicyclic) bond motifs is 2. The summed E-state index contributed by atoms with van der Waals surface area (Å²) < 4.78 is 110. The fourth-order valence-corrected chi connectivity index (χ4v) is 14.6. The van der Waals surface area contributed by atoms with Gasteiger partial charge in [0.1, 0.15) is 10.5 Å². The molecule has 5 aliphatic rings. The Morgan fingerprint density at radius 2 is 1.56 bits per heavy atom. The number of nitrogens with zero attached hydrogens (tertiary/aromatic N) is 5. The number of nitrogens with one attached hydrogen (secondary N) is 2. The van der Waals surface area contributed by atoms with Gasteiger partial charge >= 0.3 is 11.6 Å². The van der Waals surface area contributed by atoms with Crippen LogP contribution in [0.3, 0.4) is 0 Å². The topological polar surface area (TPSA) is 161 Å². The molecule has 4 aromatic rings. The molecule has 2 amide bonds. The van der Waals surface area contributed by atoms with E-state index in [0.29, 0.717) is 81.8 Å². The second-order valence-electron chi connectivity index (χ2n) is 22.7. The summed E-state index contributed by atoms with van der Waals surface area (Å²) in [6.07, 6.45) is 4.09. The predicted molar refractivity (Wildman–Crippen MR) is 303 cm³/mol. The van der Waals surface area contributed by atoms with Gasteiger partial charge in [0.25, 0.3) is 25.8 Å². The molecular formula is C57H71ClF3N7O8S3. The number of carbonyl (C=O) groups excluding carboxylic acids is 2. The molecule has 0 radical (unpaired) electrons. The first kappa shape index (κ1) is 58.8. The Bertz CT molecular complexity index is 3060. The number of alkyl halides is 3. The maximum Gasteiger partial charge on any atom is 0.501 e. The highest BCUT2D eigenvalue weighted by atomic mass is 35.5. The summed E-state index contributed by atoms with van der Waals surface area (Å²) in [6, 6.07) is 26.3. The molecule has 4 heterocycles. The monoisotopic (exact) mass is 1170 g/mol. The standard InChI is InChI=1S/C57H71ClF3N7O8S3/c1-55(2,3)76-54(70)68-37-46-32-47(68)36-67(46)39-56(4)22-20-50(40-10-14-43(58)15-11-40)42(34-56)35-65-24-26-66(27-25-65)45-16-12-41(13-17-45)53(69)63-79(73,74)49-18-19-51(52(33-49)78(71,72)57(59,60)61)62-44(21-23-64-28-30-75-31-29-64)38-77-48-8-6-5-7-9-48/h5-19,33,44,46-47,62H,20-32,34-39H2,1-4H3,(H,63,69)/t44-,46+,47+,56?/m1/s1. The van der Waals surface area contributed by atoms with E-state index in [-0.39, 0.29) is 23.1 Å². The van der Waals surface area contributed by atoms with Crippen LogP contribution in [0.4, 0.5) is 29.3 Å². The third kappa shape index (κ3) is 14.6. The van der Waals surface area contributed by atoms with Crippen LogP contribution in [0, 0.1) is 5.41 Å². The average molecular weight is 1170 g/mol. The first-order valence-corrected chi connectivity index (χ1v) is 31.3. The highest BCUT2D eigenvalue weighted by Crippen LogP contribution is 2.46. The van der Waals surface area contributed by atoms with Crippen molar-refractivity contribution in [3.05, 3.63) is 119 Å². The van der Waals surface area contributed by atoms with E-state index in [2.05, 4.69) is 44.0 Å². The van der Waals surface area contributed by atoms with Gasteiger partial charge in [0.05, 0.1) is 23.8 Å². The van der Waals surface area contributed by atoms with Gasteiger partial charge in [-0.2, -0.15) is 13.2 Å². The summed E-state index contributed by atoms with van der Waals surface area (Å²) in [5.41, 5.74) is -1.90. The summed E-state index contributed by atoms with van der Waals surface area (Å²) in [4.78, 5) is 36.7. The fraction of sp³-hybridized carbons (Fsp3) is 0.509. The lowest BCUT2D eigenvalue weighted by atomic mass is 9.71. The maximum absolute atomic E-state index is 14.3. The molecule has 4 fully saturated rings. The van der Waals surface area contributed by atoms with Crippen LogP contribution in [-0.2, 0) is 29.3 Å². The van der Waals surface area contributed by atoms with Gasteiger partial charge in [-0.1, -0.05) is 54.4 Å². The lowest BCUT2D eigenvalue weighted by Gasteiger charge is -2.44. The van der Waals surface area contributed by atoms with E-state index in [4.69, 9.17) is 21.1 Å². The minimum atomic E-state index is -6.08. The largest absolute Gasteiger partial charge is 0.501 e. The second-order valence-corrected chi connectivity index (χ2v) is 27.9. The number of amides is 2. The van der Waals surface area contributed by atoms with Crippen molar-refractivity contribution < 1.29 is 49.1 Å². The molecule has 9 rings (SSSR count). The van der Waals surface area contributed by atoms with Crippen molar-refractivity contribution in [3.63, 3.8) is 0 Å². The second kappa shape index (κ2) is 24.3. The van der Waals surface area contributed by atoms with E-state index in [1.165, 1.54) is 40.6 Å². The van der Waals surface area contributed by atoms with E-state index in [1.807, 2.05) is 72.9 Å². The predicted octanol–water partition coefficient (Wildman–Crippen LogP) is 9.51. The molecule has 15 nitrogen and oxygen atoms in total. The van der Waals surface area contributed by atoms with Crippen molar-refractivity contribution in [3.8, 4) is 0 Å². The number of anilines is 2. The molecule has 4 atom stereocenters. The number of likely N-dealkylation sites (tertiary alicyclic amines) is 2. The molecule has 4 aromatic carbocycles. The minimum absolute atomic E-state index is 0.0180. The number of sulfonamides is 1. The third-order valence-corrected chi connectivity index (χ3v) is 19.9. The van der Waals surface area contributed by atoms with E-state index < -0.39 is 58.4 Å². The number of morpholine rings is 1. The lowest BCUT2D eigenvalue weighted by molar-refractivity contribution is -0.0436. The van der Waals surface area contributed by atoms with Crippen LogP contribution in [0.1, 0.15) is 75.7 Å². The van der Waals surface area contributed by atoms with Crippen molar-refractivity contribution in [2.75, 3.05) is 101 Å². The number of thioether (sulfide) groups is 1. The van der Waals surface area contributed by atoms with Crippen LogP contribution in [0.15, 0.2) is 117 Å². The molecule has 428 valence electrons. The van der Waals surface area contributed by atoms with Gasteiger partial charge in [0.15, 0.2) is 0 Å². The smallest absolute Gasteiger partial charge is 0.444 e. The van der Waals surface area contributed by atoms with Crippen molar-refractivity contribution >= 4 is 72.2 Å². The number of allylic oxidation sites excluding steroid dienone is 1. The van der Waals surface area contributed by atoms with Gasteiger partial charge in [-0.15, -0.1) is 11.8 Å². The minimum Gasteiger partial charge on any atom is -0.444 e. The molecule has 4 saturated heterocycles. The molecule has 0 aromatic heterocycles. The van der Waals surface area contributed by atoms with Crippen molar-refractivity contribution in [1.82, 2.24) is 24.3 Å². The van der Waals surface area contributed by atoms with Crippen LogP contribution in [-0.4, -0.2) is 169 Å². The Balaban J connectivity index is 0.832. The van der Waals surface area contributed by atoms with Crippen LogP contribution in [0.25, 0.3) is 5.57 Å². The molecule has 0 spiro atoms. The number of ether oxygens (including phenoxy) is 2. The Kier molecular flexibility index (Phi) is 18.1. The summed E-state index contributed by atoms with van der Waals surface area (Å²) in [5, 5.41) is 3.69. The van der Waals surface area contributed by atoms with Gasteiger partial charge in [-0.3, -0.25) is 19.5 Å². The SMILES string of the molecule is CC1(CN2C[C@@H]3C[C@H]2CN3C(=O)OC(C)(C)C)CCC(c2ccc(Cl)cc2)=C(CN2CCN(c3ccc(C(=O)NS(=O)(=O)c4ccc(N[C@H](CCN5CCOCC5)CSc5ccccc5)c(S(=O)(=O)C(F)(F)F)c4)cc3)CC2)C1. The van der Waals surface area contributed by atoms with E-state index in [1.54, 1.807) is 12.1 Å². The van der Waals surface area contributed by atoms with Crippen molar-refractivity contribution in [2.24, 2.45) is 5.41 Å². The van der Waals surface area contributed by atoms with Crippen LogP contribution in [0.5, 0.6) is 0 Å². The summed E-state index contributed by atoms with van der Waals surface area (Å²) in [7, 11) is -11.0. The molecule has 0 saturated carbocycles. The van der Waals surface area contributed by atoms with Gasteiger partial charge in [-0.05, 0) is 136 Å². The number of halogens is 4. The number of piperazine rings is 2. The Labute approximate surface area is 472 Å². The molecule has 2 N–H and O–H groups in total. The highest BCUT2D eigenvalue weighted by Gasteiger charge is 2.50. The Hall–Kier alpha value is -4.87. The Morgan fingerprint density at radius 1 is 0.861 bits per heavy atom. The van der Waals surface area contributed by atoms with Crippen molar-refractivity contribution in [1.29, 1.82) is 0 Å². The third-order valence-electron chi connectivity index (χ3n) is 15.6.